The minimum atomic E-state index is -4.43. The molecule has 3 rings (SSSR count). The highest BCUT2D eigenvalue weighted by Gasteiger charge is 2.30. The molecule has 0 aliphatic rings. The number of anilines is 2. The third-order valence-corrected chi connectivity index (χ3v) is 5.65. The largest absolute Gasteiger partial charge is 0.416 e. The van der Waals surface area contributed by atoms with Gasteiger partial charge in [-0.05, 0) is 74.0 Å². The molecular weight excluding hydrogens is 467 g/mol. The highest BCUT2D eigenvalue weighted by atomic mass is 19.4. The molecule has 0 saturated carbocycles. The van der Waals surface area contributed by atoms with Gasteiger partial charge in [0.15, 0.2) is 6.23 Å². The van der Waals surface area contributed by atoms with Gasteiger partial charge in [-0.3, -0.25) is 9.69 Å². The molecule has 5 nitrogen and oxygen atoms in total. The zero-order valence-corrected chi connectivity index (χ0v) is 20.5. The van der Waals surface area contributed by atoms with Crippen LogP contribution in [0.25, 0.3) is 0 Å². The van der Waals surface area contributed by atoms with Crippen molar-refractivity contribution >= 4 is 17.3 Å². The summed E-state index contributed by atoms with van der Waals surface area (Å²) in [7, 11) is 0. The molecule has 3 aromatic rings. The summed E-state index contributed by atoms with van der Waals surface area (Å²) in [4.78, 5) is 15.0. The average molecular weight is 500 g/mol. The Morgan fingerprint density at radius 3 is 2.22 bits per heavy atom. The Bertz CT molecular complexity index is 1130. The highest BCUT2D eigenvalue weighted by Crippen LogP contribution is 2.31. The van der Waals surface area contributed by atoms with Crippen molar-refractivity contribution in [1.82, 2.24) is 10.2 Å². The lowest BCUT2D eigenvalue weighted by molar-refractivity contribution is -0.137. The summed E-state index contributed by atoms with van der Waals surface area (Å²) in [6.45, 7) is 7.06. The van der Waals surface area contributed by atoms with Crippen LogP contribution in [0.3, 0.4) is 0 Å². The molecule has 8 heteroatoms. The molecule has 0 aliphatic heterocycles. The van der Waals surface area contributed by atoms with Crippen molar-refractivity contribution in [3.05, 3.63) is 95.1 Å². The zero-order valence-electron chi connectivity index (χ0n) is 20.5. The van der Waals surface area contributed by atoms with E-state index in [2.05, 4.69) is 29.4 Å². The number of alkyl halides is 3. The van der Waals surface area contributed by atoms with Crippen LogP contribution in [0.5, 0.6) is 0 Å². The summed E-state index contributed by atoms with van der Waals surface area (Å²) in [6, 6.07) is 18.7. The average Bonchev–Trinajstić information content (AvgIpc) is 2.84. The van der Waals surface area contributed by atoms with Crippen molar-refractivity contribution in [2.75, 3.05) is 18.4 Å². The van der Waals surface area contributed by atoms with Gasteiger partial charge in [0.1, 0.15) is 0 Å². The first kappa shape index (κ1) is 27.2. The number of aliphatic hydroxyl groups is 1. The quantitative estimate of drug-likeness (QED) is 0.264. The maximum Gasteiger partial charge on any atom is 0.416 e. The fraction of sp³-hybridized carbons (Fsp3) is 0.321. The monoisotopic (exact) mass is 499 g/mol. The molecule has 0 bridgehead atoms. The molecule has 0 radical (unpaired) electrons. The standard InChI is InChI=1S/C28H32F3N3O2/c1-3-15-34(16-4-2)19-20-7-5-8-22(17-20)27(36)33-26(35)21-11-13-24(14-12-21)32-25-10-6-9-23(18-25)28(29,30)31/h5-14,17-18,27,32,36H,3-4,15-16,19H2,1-2H3,(H,33,35). The molecule has 3 aromatic carbocycles. The molecule has 1 atom stereocenters. The summed E-state index contributed by atoms with van der Waals surface area (Å²) in [5, 5.41) is 16.1. The molecule has 0 heterocycles. The third kappa shape index (κ3) is 7.83. The molecule has 1 unspecified atom stereocenters. The SMILES string of the molecule is CCCN(CCC)Cc1cccc(C(O)NC(=O)c2ccc(Nc3cccc(C(F)(F)F)c3)cc2)c1. The van der Waals surface area contributed by atoms with E-state index in [4.69, 9.17) is 0 Å². The summed E-state index contributed by atoms with van der Waals surface area (Å²) < 4.78 is 38.8. The second kappa shape index (κ2) is 12.6. The van der Waals surface area contributed by atoms with Gasteiger partial charge >= 0.3 is 6.18 Å². The maximum atomic E-state index is 12.9. The molecule has 0 spiro atoms. The van der Waals surface area contributed by atoms with E-state index in [0.29, 0.717) is 16.8 Å². The van der Waals surface area contributed by atoms with E-state index in [1.54, 1.807) is 30.3 Å². The van der Waals surface area contributed by atoms with Crippen LogP contribution in [0.1, 0.15) is 60.0 Å². The number of rotatable bonds is 11. The number of nitrogens with zero attached hydrogens (tertiary/aromatic N) is 1. The summed E-state index contributed by atoms with van der Waals surface area (Å²) in [6.07, 6.45) is -3.48. The van der Waals surface area contributed by atoms with Gasteiger partial charge in [0.05, 0.1) is 5.56 Å². The number of amides is 1. The van der Waals surface area contributed by atoms with Crippen LogP contribution in [-0.2, 0) is 12.7 Å². The van der Waals surface area contributed by atoms with E-state index in [-0.39, 0.29) is 5.69 Å². The van der Waals surface area contributed by atoms with Crippen LogP contribution in [0, 0.1) is 0 Å². The Kier molecular flexibility index (Phi) is 9.50. The number of hydrogen-bond acceptors (Lipinski definition) is 4. The molecule has 0 saturated heterocycles. The van der Waals surface area contributed by atoms with Crippen LogP contribution in [-0.4, -0.2) is 29.0 Å². The van der Waals surface area contributed by atoms with E-state index < -0.39 is 23.9 Å². The Hall–Kier alpha value is -3.36. The molecular formula is C28H32F3N3O2. The second-order valence-corrected chi connectivity index (χ2v) is 8.68. The van der Waals surface area contributed by atoms with Crippen LogP contribution in [0.15, 0.2) is 72.8 Å². The number of hydrogen-bond donors (Lipinski definition) is 3. The predicted molar refractivity (Wildman–Crippen MR) is 136 cm³/mol. The number of carbonyl (C=O) groups excluding carboxylic acids is 1. The van der Waals surface area contributed by atoms with Crippen LogP contribution < -0.4 is 10.6 Å². The first-order valence-corrected chi connectivity index (χ1v) is 12.0. The van der Waals surface area contributed by atoms with Crippen molar-refractivity contribution < 1.29 is 23.1 Å². The fourth-order valence-electron chi connectivity index (χ4n) is 3.96. The highest BCUT2D eigenvalue weighted by molar-refractivity contribution is 5.94. The van der Waals surface area contributed by atoms with Gasteiger partial charge in [0.2, 0.25) is 0 Å². The van der Waals surface area contributed by atoms with Gasteiger partial charge in [-0.2, -0.15) is 13.2 Å². The Balaban J connectivity index is 1.62. The molecule has 1 amide bonds. The zero-order chi connectivity index (χ0) is 26.1. The lowest BCUT2D eigenvalue weighted by atomic mass is 10.1. The molecule has 3 N–H and O–H groups in total. The van der Waals surface area contributed by atoms with Crippen molar-refractivity contribution in [2.24, 2.45) is 0 Å². The van der Waals surface area contributed by atoms with E-state index in [9.17, 15) is 23.1 Å². The van der Waals surface area contributed by atoms with E-state index in [1.165, 1.54) is 12.1 Å². The van der Waals surface area contributed by atoms with Crippen LogP contribution in [0.4, 0.5) is 24.5 Å². The van der Waals surface area contributed by atoms with Gasteiger partial charge in [-0.25, -0.2) is 0 Å². The second-order valence-electron chi connectivity index (χ2n) is 8.68. The number of carbonyl (C=O) groups is 1. The topological polar surface area (TPSA) is 64.6 Å². The Morgan fingerprint density at radius 2 is 1.58 bits per heavy atom. The maximum absolute atomic E-state index is 12.9. The van der Waals surface area contributed by atoms with Crippen molar-refractivity contribution in [2.45, 2.75) is 45.6 Å². The normalized spacial score (nSPS) is 12.4. The van der Waals surface area contributed by atoms with Crippen molar-refractivity contribution in [3.8, 4) is 0 Å². The minimum Gasteiger partial charge on any atom is -0.369 e. The van der Waals surface area contributed by atoms with E-state index >= 15 is 0 Å². The van der Waals surface area contributed by atoms with Crippen molar-refractivity contribution in [3.63, 3.8) is 0 Å². The lowest BCUT2D eigenvalue weighted by Gasteiger charge is -2.22. The third-order valence-electron chi connectivity index (χ3n) is 5.65. The molecule has 36 heavy (non-hydrogen) atoms. The Labute approximate surface area is 210 Å². The first-order chi connectivity index (χ1) is 17.2. The van der Waals surface area contributed by atoms with Gasteiger partial charge in [-0.1, -0.05) is 44.2 Å². The van der Waals surface area contributed by atoms with Crippen LogP contribution in [0.2, 0.25) is 0 Å². The van der Waals surface area contributed by atoms with Gasteiger partial charge < -0.3 is 15.7 Å². The number of aliphatic hydroxyl groups excluding tert-OH is 1. The molecule has 192 valence electrons. The van der Waals surface area contributed by atoms with Crippen LogP contribution >= 0.6 is 0 Å². The summed E-state index contributed by atoms with van der Waals surface area (Å²) >= 11 is 0. The van der Waals surface area contributed by atoms with Crippen molar-refractivity contribution in [1.29, 1.82) is 0 Å². The number of nitrogens with one attached hydrogen (secondary N) is 2. The minimum absolute atomic E-state index is 0.286. The van der Waals surface area contributed by atoms with Gasteiger partial charge in [-0.15, -0.1) is 0 Å². The molecule has 0 fully saturated rings. The number of halogens is 3. The Morgan fingerprint density at radius 1 is 0.917 bits per heavy atom. The lowest BCUT2D eigenvalue weighted by Crippen LogP contribution is -2.28. The van der Waals surface area contributed by atoms with E-state index in [1.807, 2.05) is 18.2 Å². The summed E-state index contributed by atoms with van der Waals surface area (Å²) in [5.74, 6) is -0.461. The predicted octanol–water partition coefficient (Wildman–Crippen LogP) is 6.49. The first-order valence-electron chi connectivity index (χ1n) is 12.0. The number of benzene rings is 3. The van der Waals surface area contributed by atoms with Gasteiger partial charge in [0.25, 0.3) is 5.91 Å². The van der Waals surface area contributed by atoms with E-state index in [0.717, 1.165) is 50.2 Å². The fourth-order valence-corrected chi connectivity index (χ4v) is 3.96. The van der Waals surface area contributed by atoms with Gasteiger partial charge in [0, 0.05) is 29.0 Å². The molecule has 0 aliphatic carbocycles. The smallest absolute Gasteiger partial charge is 0.369 e. The summed E-state index contributed by atoms with van der Waals surface area (Å²) in [5.41, 5.74) is 2.04. The molecule has 0 aromatic heterocycles.